The van der Waals surface area contributed by atoms with Crippen LogP contribution in [-0.4, -0.2) is 15.2 Å². The molecule has 180 valence electrons. The number of para-hydroxylation sites is 3. The summed E-state index contributed by atoms with van der Waals surface area (Å²) < 4.78 is 3.96. The van der Waals surface area contributed by atoms with Crippen LogP contribution in [0.2, 0.25) is 0 Å². The molecule has 0 radical (unpaired) electrons. The molecule has 0 fully saturated rings. The fourth-order valence-electron chi connectivity index (χ4n) is 4.47. The molecule has 1 aliphatic rings. The van der Waals surface area contributed by atoms with Gasteiger partial charge in [-0.2, -0.15) is 0 Å². The van der Waals surface area contributed by atoms with Crippen molar-refractivity contribution in [1.82, 2.24) is 4.98 Å². The minimum atomic E-state index is 0. The fraction of sp³-hybridized carbons (Fsp3) is 0. The van der Waals surface area contributed by atoms with E-state index < -0.39 is 0 Å². The van der Waals surface area contributed by atoms with Crippen LogP contribution in [0.15, 0.2) is 146 Å². The summed E-state index contributed by atoms with van der Waals surface area (Å²) in [6, 6.07) is 48.8. The van der Waals surface area contributed by atoms with E-state index in [1.165, 1.54) is 21.9 Å². The van der Waals surface area contributed by atoms with E-state index >= 15 is 0 Å². The van der Waals surface area contributed by atoms with Crippen molar-refractivity contribution in [2.75, 3.05) is 0 Å². The number of nitrogens with zero attached hydrogens (tertiary/aromatic N) is 3. The van der Waals surface area contributed by atoms with Gasteiger partial charge in [0, 0.05) is 24.3 Å². The van der Waals surface area contributed by atoms with Gasteiger partial charge in [-0.05, 0) is 21.9 Å². The van der Waals surface area contributed by atoms with Crippen LogP contribution in [0, 0.1) is 0 Å². The minimum Gasteiger partial charge on any atom is -0.657 e. The molecule has 0 saturated carbocycles. The first-order chi connectivity index (χ1) is 17.9. The Morgan fingerprint density at radius 3 is 1.62 bits per heavy atom. The third-order valence-electron chi connectivity index (χ3n) is 6.19. The Morgan fingerprint density at radius 1 is 0.486 bits per heavy atom. The summed E-state index contributed by atoms with van der Waals surface area (Å²) in [5.41, 5.74) is 6.87. The predicted octanol–water partition coefficient (Wildman–Crippen LogP) is 7.95. The number of benzene rings is 5. The van der Waals surface area contributed by atoms with Crippen LogP contribution in [-0.2, 0) is 22.4 Å². The van der Waals surface area contributed by atoms with Crippen LogP contribution >= 0.6 is 0 Å². The molecule has 1 aromatic heterocycles. The molecule has 6 aromatic rings. The summed E-state index contributed by atoms with van der Waals surface area (Å²) in [5.74, 6) is 0. The van der Waals surface area contributed by atoms with Gasteiger partial charge in [-0.25, -0.2) is 0 Å². The first-order valence-electron chi connectivity index (χ1n) is 12.0. The maximum absolute atomic E-state index is 4.70. The summed E-state index contributed by atoms with van der Waals surface area (Å²) in [6.07, 6.45) is 4.00. The van der Waals surface area contributed by atoms with Gasteiger partial charge in [0.2, 0.25) is 11.4 Å². The molecule has 37 heavy (non-hydrogen) atoms. The van der Waals surface area contributed by atoms with E-state index in [0.717, 1.165) is 22.4 Å². The Hall–Kier alpha value is -4.24. The number of hydrogen-bond donors (Lipinski definition) is 0. The zero-order valence-corrected chi connectivity index (χ0v) is 22.2. The summed E-state index contributed by atoms with van der Waals surface area (Å²) in [4.78, 5) is 4.70. The summed E-state index contributed by atoms with van der Waals surface area (Å²) in [6.45, 7) is 0. The van der Waals surface area contributed by atoms with Gasteiger partial charge in [0.15, 0.2) is 0 Å². The van der Waals surface area contributed by atoms with Gasteiger partial charge in [0.25, 0.3) is 12.4 Å². The fourth-order valence-corrected chi connectivity index (χ4v) is 4.47. The molecule has 0 spiro atoms. The first kappa shape index (κ1) is 24.5. The van der Waals surface area contributed by atoms with Gasteiger partial charge in [-0.3, -0.25) is 0 Å². The van der Waals surface area contributed by atoms with Crippen LogP contribution in [0.5, 0.6) is 0 Å². The van der Waals surface area contributed by atoms with Crippen LogP contribution in [0.3, 0.4) is 0 Å². The smallest absolute Gasteiger partial charge is 0.657 e. The van der Waals surface area contributed by atoms with E-state index in [2.05, 4.69) is 90.9 Å². The van der Waals surface area contributed by atoms with Crippen LogP contribution in [0.4, 0.5) is 11.4 Å². The van der Waals surface area contributed by atoms with E-state index in [-0.39, 0.29) is 22.4 Å². The number of hydrogen-bond acceptors (Lipinski definition) is 0. The topological polar surface area (TPSA) is 20.1 Å². The molecule has 0 unspecified atom stereocenters. The van der Waals surface area contributed by atoms with Crippen molar-refractivity contribution in [1.29, 1.82) is 0 Å². The third-order valence-corrected chi connectivity index (χ3v) is 6.19. The number of rotatable bonds is 3. The van der Waals surface area contributed by atoms with Gasteiger partial charge in [-0.15, -0.1) is 11.0 Å². The summed E-state index contributed by atoms with van der Waals surface area (Å²) in [5, 5.41) is 2.49. The van der Waals surface area contributed by atoms with Gasteiger partial charge in [0.1, 0.15) is 0 Å². The van der Waals surface area contributed by atoms with Crippen molar-refractivity contribution in [2.45, 2.75) is 0 Å². The largest absolute Gasteiger partial charge is 1.00 e. The molecule has 0 N–H and O–H groups in total. The van der Waals surface area contributed by atoms with Gasteiger partial charge >= 0.3 is 28.4 Å². The summed E-state index contributed by atoms with van der Waals surface area (Å²) in [7, 11) is 0. The van der Waals surface area contributed by atoms with Crippen LogP contribution < -0.4 is 4.98 Å². The van der Waals surface area contributed by atoms with Gasteiger partial charge in [-0.1, -0.05) is 118 Å². The van der Waals surface area contributed by atoms with E-state index in [1.54, 1.807) is 0 Å². The second kappa shape index (κ2) is 11.2. The normalized spacial score (nSPS) is 11.9. The monoisotopic (exact) mass is 659 g/mol. The Morgan fingerprint density at radius 2 is 1.00 bits per heavy atom. The molecular formula is C33H24AuN3+2. The van der Waals surface area contributed by atoms with Crippen molar-refractivity contribution < 1.29 is 31.5 Å². The predicted molar refractivity (Wildman–Crippen MR) is 147 cm³/mol. The van der Waals surface area contributed by atoms with Crippen molar-refractivity contribution in [3.8, 4) is 11.1 Å². The van der Waals surface area contributed by atoms with E-state index in [4.69, 9.17) is 4.98 Å². The Labute approximate surface area is 231 Å². The standard InChI is InChI=1S/C18H12N.C15H12N2.Au/c1-2-7-13(8-3-1)14-10-6-12-17-18(14)15-9-4-5-11-16(15)19-17;1-3-7-14(8-4-1)16-11-12-17(13-16)15-9-5-2-6-10-15;/h1-12H;1-12H;/q-1;+2;+1. The second-order valence-electron chi connectivity index (χ2n) is 8.50. The first-order valence-corrected chi connectivity index (χ1v) is 12.0. The molecule has 4 heteroatoms. The molecule has 1 aliphatic heterocycles. The van der Waals surface area contributed by atoms with Crippen molar-refractivity contribution >= 4 is 39.2 Å². The third kappa shape index (κ3) is 5.17. The van der Waals surface area contributed by atoms with Crippen LogP contribution in [0.25, 0.3) is 32.9 Å². The van der Waals surface area contributed by atoms with Gasteiger partial charge in [0.05, 0.1) is 0 Å². The zero-order chi connectivity index (χ0) is 24.2. The van der Waals surface area contributed by atoms with Crippen molar-refractivity contribution in [2.24, 2.45) is 0 Å². The average Bonchev–Trinajstić information content (AvgIpc) is 3.60. The van der Waals surface area contributed by atoms with E-state index in [1.807, 2.05) is 70.1 Å². The molecule has 0 saturated heterocycles. The molecule has 5 aromatic carbocycles. The summed E-state index contributed by atoms with van der Waals surface area (Å²) >= 11 is 0. The molecule has 3 nitrogen and oxygen atoms in total. The van der Waals surface area contributed by atoms with Gasteiger partial charge < -0.3 is 4.98 Å². The average molecular weight is 660 g/mol. The molecular weight excluding hydrogens is 635 g/mol. The molecule has 7 rings (SSSR count). The Bertz CT molecular complexity index is 1690. The Balaban J connectivity index is 0.000000148. The maximum atomic E-state index is 4.70. The Kier molecular flexibility index (Phi) is 7.41. The molecule has 0 amide bonds. The molecule has 0 atom stereocenters. The number of aromatic nitrogens is 1. The zero-order valence-electron chi connectivity index (χ0n) is 20.0. The minimum absolute atomic E-state index is 0. The van der Waals surface area contributed by atoms with E-state index in [9.17, 15) is 0 Å². The van der Waals surface area contributed by atoms with Crippen LogP contribution in [0.1, 0.15) is 0 Å². The van der Waals surface area contributed by atoms with E-state index in [0.29, 0.717) is 0 Å². The number of fused-ring (bicyclic) bond motifs is 3. The SMILES string of the molecule is C1=[N+](c2ccccc2)C=C[N+]=1c1ccccc1.[Au+].c1ccc(-c2cccc3[n-]c4ccccc4c23)cc1. The van der Waals surface area contributed by atoms with Crippen molar-refractivity contribution in [3.05, 3.63) is 146 Å². The molecule has 0 aliphatic carbocycles. The quantitative estimate of drug-likeness (QED) is 0.140. The van der Waals surface area contributed by atoms with Crippen molar-refractivity contribution in [3.63, 3.8) is 0 Å². The molecule has 2 heterocycles. The maximum Gasteiger partial charge on any atom is 1.00 e. The molecule has 0 bridgehead atoms. The second-order valence-corrected chi connectivity index (χ2v) is 8.50.